The third-order valence-corrected chi connectivity index (χ3v) is 2.91. The maximum Gasteiger partial charge on any atom is 0.231 e. The van der Waals surface area contributed by atoms with E-state index in [1.54, 1.807) is 32.0 Å². The lowest BCUT2D eigenvalue weighted by Gasteiger charge is -2.21. The SMILES string of the molecule is CCOc1ccc(NC(=O)C(C)(C)CN)cc1CO. The molecule has 0 unspecified atom stereocenters. The summed E-state index contributed by atoms with van der Waals surface area (Å²) in [6, 6.07) is 5.18. The first-order valence-corrected chi connectivity index (χ1v) is 6.32. The quantitative estimate of drug-likeness (QED) is 0.728. The van der Waals surface area contributed by atoms with Gasteiger partial charge in [-0.05, 0) is 39.0 Å². The van der Waals surface area contributed by atoms with Crippen LogP contribution in [0, 0.1) is 5.41 Å². The van der Waals surface area contributed by atoms with Crippen LogP contribution >= 0.6 is 0 Å². The molecule has 5 heteroatoms. The van der Waals surface area contributed by atoms with Gasteiger partial charge in [0.25, 0.3) is 0 Å². The smallest absolute Gasteiger partial charge is 0.231 e. The highest BCUT2D eigenvalue weighted by molar-refractivity contribution is 5.95. The van der Waals surface area contributed by atoms with E-state index in [2.05, 4.69) is 5.32 Å². The fraction of sp³-hybridized carbons (Fsp3) is 0.500. The lowest BCUT2D eigenvalue weighted by atomic mass is 9.92. The Morgan fingerprint density at radius 1 is 1.47 bits per heavy atom. The van der Waals surface area contributed by atoms with Crippen LogP contribution in [-0.2, 0) is 11.4 Å². The highest BCUT2D eigenvalue weighted by atomic mass is 16.5. The van der Waals surface area contributed by atoms with Crippen molar-refractivity contribution in [2.24, 2.45) is 11.1 Å². The number of benzene rings is 1. The number of hydrogen-bond donors (Lipinski definition) is 3. The van der Waals surface area contributed by atoms with Gasteiger partial charge in [0, 0.05) is 17.8 Å². The van der Waals surface area contributed by atoms with Gasteiger partial charge in [-0.3, -0.25) is 4.79 Å². The minimum Gasteiger partial charge on any atom is -0.494 e. The number of ether oxygens (including phenoxy) is 1. The number of carbonyl (C=O) groups is 1. The van der Waals surface area contributed by atoms with Crippen molar-refractivity contribution >= 4 is 11.6 Å². The fourth-order valence-corrected chi connectivity index (χ4v) is 1.47. The Morgan fingerprint density at radius 2 is 2.16 bits per heavy atom. The summed E-state index contributed by atoms with van der Waals surface area (Å²) >= 11 is 0. The van der Waals surface area contributed by atoms with Gasteiger partial charge in [-0.25, -0.2) is 0 Å². The summed E-state index contributed by atoms with van der Waals surface area (Å²) in [6.07, 6.45) is 0. The molecular weight excluding hydrogens is 244 g/mol. The van der Waals surface area contributed by atoms with Gasteiger partial charge >= 0.3 is 0 Å². The molecule has 0 aliphatic heterocycles. The van der Waals surface area contributed by atoms with Crippen LogP contribution in [0.2, 0.25) is 0 Å². The van der Waals surface area contributed by atoms with E-state index in [0.29, 0.717) is 23.6 Å². The van der Waals surface area contributed by atoms with Crippen molar-refractivity contribution in [3.63, 3.8) is 0 Å². The summed E-state index contributed by atoms with van der Waals surface area (Å²) in [5.41, 5.74) is 6.20. The molecule has 1 aromatic carbocycles. The summed E-state index contributed by atoms with van der Waals surface area (Å²) in [6.45, 7) is 6.09. The molecule has 0 aromatic heterocycles. The van der Waals surface area contributed by atoms with Crippen molar-refractivity contribution in [2.45, 2.75) is 27.4 Å². The second kappa shape index (κ2) is 6.54. The maximum atomic E-state index is 12.0. The predicted molar refractivity (Wildman–Crippen MR) is 75.0 cm³/mol. The summed E-state index contributed by atoms with van der Waals surface area (Å²) in [7, 11) is 0. The van der Waals surface area contributed by atoms with Crippen molar-refractivity contribution in [1.29, 1.82) is 0 Å². The van der Waals surface area contributed by atoms with E-state index in [1.807, 2.05) is 6.92 Å². The Labute approximate surface area is 113 Å². The first-order chi connectivity index (χ1) is 8.94. The molecule has 4 N–H and O–H groups in total. The van der Waals surface area contributed by atoms with Crippen molar-refractivity contribution in [3.05, 3.63) is 23.8 Å². The van der Waals surface area contributed by atoms with Gasteiger partial charge in [0.2, 0.25) is 5.91 Å². The van der Waals surface area contributed by atoms with Crippen LogP contribution in [0.3, 0.4) is 0 Å². The van der Waals surface area contributed by atoms with Crippen LogP contribution in [0.25, 0.3) is 0 Å². The molecule has 0 heterocycles. The molecule has 0 atom stereocenters. The molecule has 0 fully saturated rings. The molecule has 0 saturated carbocycles. The number of rotatable bonds is 6. The van der Waals surface area contributed by atoms with E-state index in [1.165, 1.54) is 0 Å². The number of amides is 1. The first kappa shape index (κ1) is 15.5. The molecule has 5 nitrogen and oxygen atoms in total. The van der Waals surface area contributed by atoms with Gasteiger partial charge in [-0.2, -0.15) is 0 Å². The second-order valence-electron chi connectivity index (χ2n) is 4.96. The van der Waals surface area contributed by atoms with Crippen LogP contribution < -0.4 is 15.8 Å². The number of aliphatic hydroxyl groups excluding tert-OH is 1. The highest BCUT2D eigenvalue weighted by Crippen LogP contribution is 2.24. The van der Waals surface area contributed by atoms with Crippen molar-refractivity contribution in [3.8, 4) is 5.75 Å². The van der Waals surface area contributed by atoms with Crippen LogP contribution in [-0.4, -0.2) is 24.2 Å². The first-order valence-electron chi connectivity index (χ1n) is 6.32. The maximum absolute atomic E-state index is 12.0. The Kier molecular flexibility index (Phi) is 5.32. The van der Waals surface area contributed by atoms with Gasteiger partial charge in [-0.1, -0.05) is 0 Å². The molecule has 106 valence electrons. The van der Waals surface area contributed by atoms with E-state index < -0.39 is 5.41 Å². The number of anilines is 1. The summed E-state index contributed by atoms with van der Waals surface area (Å²) in [5.74, 6) is 0.476. The Bertz CT molecular complexity index is 444. The molecular formula is C14H22N2O3. The van der Waals surface area contributed by atoms with Gasteiger partial charge in [0.1, 0.15) is 5.75 Å². The molecule has 0 spiro atoms. The van der Waals surface area contributed by atoms with E-state index in [0.717, 1.165) is 0 Å². The molecule has 0 aliphatic carbocycles. The topological polar surface area (TPSA) is 84.6 Å². The molecule has 0 radical (unpaired) electrons. The molecule has 0 aliphatic rings. The van der Waals surface area contributed by atoms with E-state index >= 15 is 0 Å². The van der Waals surface area contributed by atoms with E-state index in [-0.39, 0.29) is 19.1 Å². The number of carbonyl (C=O) groups excluding carboxylic acids is 1. The third kappa shape index (κ3) is 3.94. The molecule has 0 bridgehead atoms. The van der Waals surface area contributed by atoms with Gasteiger partial charge < -0.3 is 20.9 Å². The lowest BCUT2D eigenvalue weighted by Crippen LogP contribution is -2.37. The van der Waals surface area contributed by atoms with Crippen LogP contribution in [0.15, 0.2) is 18.2 Å². The van der Waals surface area contributed by atoms with Crippen LogP contribution in [0.1, 0.15) is 26.3 Å². The van der Waals surface area contributed by atoms with Crippen LogP contribution in [0.5, 0.6) is 5.75 Å². The zero-order chi connectivity index (χ0) is 14.5. The zero-order valence-electron chi connectivity index (χ0n) is 11.7. The Morgan fingerprint density at radius 3 is 2.68 bits per heavy atom. The van der Waals surface area contributed by atoms with Crippen molar-refractivity contribution in [1.82, 2.24) is 0 Å². The van der Waals surface area contributed by atoms with E-state index in [4.69, 9.17) is 10.5 Å². The zero-order valence-corrected chi connectivity index (χ0v) is 11.7. The van der Waals surface area contributed by atoms with Gasteiger partial charge in [-0.15, -0.1) is 0 Å². The van der Waals surface area contributed by atoms with Crippen molar-refractivity contribution < 1.29 is 14.6 Å². The molecule has 0 saturated heterocycles. The number of aliphatic hydroxyl groups is 1. The molecule has 19 heavy (non-hydrogen) atoms. The standard InChI is InChI=1S/C14H22N2O3/c1-4-19-12-6-5-11(7-10(12)8-17)16-13(18)14(2,3)9-15/h5-7,17H,4,8-9,15H2,1-3H3,(H,16,18). The monoisotopic (exact) mass is 266 g/mol. The van der Waals surface area contributed by atoms with Crippen molar-refractivity contribution in [2.75, 3.05) is 18.5 Å². The average Bonchev–Trinajstić information content (AvgIpc) is 2.40. The Hall–Kier alpha value is -1.59. The Balaban J connectivity index is 2.89. The number of hydrogen-bond acceptors (Lipinski definition) is 4. The van der Waals surface area contributed by atoms with E-state index in [9.17, 15) is 9.90 Å². The number of nitrogens with one attached hydrogen (secondary N) is 1. The minimum atomic E-state index is -0.627. The summed E-state index contributed by atoms with van der Waals surface area (Å²) in [4.78, 5) is 12.0. The third-order valence-electron chi connectivity index (χ3n) is 2.91. The minimum absolute atomic E-state index is 0.140. The van der Waals surface area contributed by atoms with Crippen LogP contribution in [0.4, 0.5) is 5.69 Å². The lowest BCUT2D eigenvalue weighted by molar-refractivity contribution is -0.123. The summed E-state index contributed by atoms with van der Waals surface area (Å²) < 4.78 is 5.38. The fourth-order valence-electron chi connectivity index (χ4n) is 1.47. The molecule has 1 rings (SSSR count). The average molecular weight is 266 g/mol. The molecule has 1 amide bonds. The van der Waals surface area contributed by atoms with Gasteiger partial charge in [0.15, 0.2) is 0 Å². The molecule has 1 aromatic rings. The van der Waals surface area contributed by atoms with Gasteiger partial charge in [0.05, 0.1) is 18.6 Å². The normalized spacial score (nSPS) is 11.2. The summed E-state index contributed by atoms with van der Waals surface area (Å²) in [5, 5.41) is 12.1. The largest absolute Gasteiger partial charge is 0.494 e. The number of nitrogens with two attached hydrogens (primary N) is 1. The predicted octanol–water partition coefficient (Wildman–Crippen LogP) is 1.50. The highest BCUT2D eigenvalue weighted by Gasteiger charge is 2.25. The second-order valence-corrected chi connectivity index (χ2v) is 4.96.